The fourth-order valence-corrected chi connectivity index (χ4v) is 3.43. The third-order valence-electron chi connectivity index (χ3n) is 3.83. The maximum absolute atomic E-state index is 12.7. The fourth-order valence-electron chi connectivity index (χ4n) is 2.45. The van der Waals surface area contributed by atoms with Crippen molar-refractivity contribution in [3.8, 4) is 17.4 Å². The number of thioether (sulfide) groups is 1. The summed E-state index contributed by atoms with van der Waals surface area (Å²) in [5.41, 5.74) is 1.32. The largest absolute Gasteiger partial charge is 0.538 e. The summed E-state index contributed by atoms with van der Waals surface area (Å²) >= 11 is 1.13. The van der Waals surface area contributed by atoms with E-state index in [4.69, 9.17) is 9.26 Å². The van der Waals surface area contributed by atoms with Crippen molar-refractivity contribution >= 4 is 23.4 Å². The van der Waals surface area contributed by atoms with Crippen molar-refractivity contribution in [3.63, 3.8) is 0 Å². The van der Waals surface area contributed by atoms with Gasteiger partial charge in [-0.3, -0.25) is 4.79 Å². The summed E-state index contributed by atoms with van der Waals surface area (Å²) in [5, 5.41) is 18.5. The van der Waals surface area contributed by atoms with E-state index >= 15 is 0 Å². The third kappa shape index (κ3) is 4.40. The number of amides is 1. The Kier molecular flexibility index (Phi) is 5.97. The van der Waals surface area contributed by atoms with Gasteiger partial charge in [0, 0.05) is 23.9 Å². The molecule has 7 nitrogen and oxygen atoms in total. The van der Waals surface area contributed by atoms with E-state index in [-0.39, 0.29) is 10.9 Å². The van der Waals surface area contributed by atoms with Crippen LogP contribution in [0.25, 0.3) is 5.69 Å². The van der Waals surface area contributed by atoms with Crippen molar-refractivity contribution in [1.82, 2.24) is 5.27 Å². The van der Waals surface area contributed by atoms with Crippen LogP contribution in [0.5, 0.6) is 11.7 Å². The molecule has 0 radical (unpaired) electrons. The average Bonchev–Trinajstić information content (AvgIpc) is 3.07. The van der Waals surface area contributed by atoms with Gasteiger partial charge in [0.1, 0.15) is 5.75 Å². The van der Waals surface area contributed by atoms with Gasteiger partial charge in [-0.05, 0) is 35.0 Å². The van der Waals surface area contributed by atoms with Crippen LogP contribution in [0.1, 0.15) is 13.3 Å². The molecule has 1 N–H and O–H groups in total. The first-order valence-electron chi connectivity index (χ1n) is 8.38. The highest BCUT2D eigenvalue weighted by molar-refractivity contribution is 8.00. The summed E-state index contributed by atoms with van der Waals surface area (Å²) in [5.74, 6) is -0.135. The number of nitrogens with one attached hydrogen (secondary N) is 1. The van der Waals surface area contributed by atoms with Crippen molar-refractivity contribution in [3.05, 3.63) is 54.6 Å². The SMILES string of the molecule is CCC(Sc1c([O-])on[n+]1-c1ccccc1)C(=O)Nc1cccc(OC)c1. The monoisotopic (exact) mass is 385 g/mol. The van der Waals surface area contributed by atoms with Crippen molar-refractivity contribution < 1.29 is 23.8 Å². The van der Waals surface area contributed by atoms with Crippen LogP contribution in [0.15, 0.2) is 64.1 Å². The van der Waals surface area contributed by atoms with E-state index in [1.165, 1.54) is 4.68 Å². The minimum atomic E-state index is -0.573. The molecular formula is C19H19N3O4S. The lowest BCUT2D eigenvalue weighted by molar-refractivity contribution is -0.705. The van der Waals surface area contributed by atoms with Crippen LogP contribution >= 0.6 is 11.8 Å². The minimum Gasteiger partial charge on any atom is -0.538 e. The van der Waals surface area contributed by atoms with E-state index in [9.17, 15) is 9.90 Å². The molecule has 1 amide bonds. The van der Waals surface area contributed by atoms with E-state index in [2.05, 4.69) is 10.6 Å². The zero-order valence-corrected chi connectivity index (χ0v) is 15.7. The molecule has 1 aromatic heterocycles. The molecule has 1 atom stereocenters. The number of nitrogens with zero attached hydrogens (tertiary/aromatic N) is 2. The lowest BCUT2D eigenvalue weighted by atomic mass is 10.2. The van der Waals surface area contributed by atoms with E-state index in [1.807, 2.05) is 37.3 Å². The first kappa shape index (κ1) is 18.8. The Balaban J connectivity index is 1.79. The summed E-state index contributed by atoms with van der Waals surface area (Å²) in [6.45, 7) is 1.88. The third-order valence-corrected chi connectivity index (χ3v) is 5.22. The van der Waals surface area contributed by atoms with Crippen molar-refractivity contribution in [2.24, 2.45) is 0 Å². The van der Waals surface area contributed by atoms with Crippen LogP contribution in [0.4, 0.5) is 5.69 Å². The molecule has 3 rings (SSSR count). The molecule has 0 spiro atoms. The minimum absolute atomic E-state index is 0.212. The highest BCUT2D eigenvalue weighted by Gasteiger charge is 2.28. The Bertz CT molecular complexity index is 914. The van der Waals surface area contributed by atoms with Gasteiger partial charge in [0.05, 0.1) is 17.6 Å². The van der Waals surface area contributed by atoms with E-state index in [0.717, 1.165) is 11.8 Å². The molecule has 1 heterocycles. The van der Waals surface area contributed by atoms with Crippen LogP contribution in [0.2, 0.25) is 0 Å². The summed E-state index contributed by atoms with van der Waals surface area (Å²) in [4.78, 5) is 12.7. The number of benzene rings is 2. The molecular weight excluding hydrogens is 366 g/mol. The Hall–Kier alpha value is -3.00. The van der Waals surface area contributed by atoms with E-state index < -0.39 is 11.2 Å². The second kappa shape index (κ2) is 8.59. The van der Waals surface area contributed by atoms with Crippen LogP contribution in [0.3, 0.4) is 0 Å². The molecule has 0 aliphatic heterocycles. The number of carbonyl (C=O) groups is 1. The molecule has 3 aromatic rings. The van der Waals surface area contributed by atoms with Crippen LogP contribution in [0, 0.1) is 0 Å². The molecule has 140 valence electrons. The lowest BCUT2D eigenvalue weighted by Crippen LogP contribution is -2.36. The van der Waals surface area contributed by atoms with E-state index in [1.54, 1.807) is 31.4 Å². The maximum Gasteiger partial charge on any atom is 0.298 e. The quantitative estimate of drug-likeness (QED) is 0.496. The van der Waals surface area contributed by atoms with Crippen LogP contribution in [-0.4, -0.2) is 23.5 Å². The molecule has 0 saturated carbocycles. The highest BCUT2D eigenvalue weighted by atomic mass is 32.2. The zero-order chi connectivity index (χ0) is 19.2. The summed E-state index contributed by atoms with van der Waals surface area (Å²) in [6.07, 6.45) is 0.528. The van der Waals surface area contributed by atoms with Gasteiger partial charge in [-0.2, -0.15) is 0 Å². The van der Waals surface area contributed by atoms with Crippen molar-refractivity contribution in [2.75, 3.05) is 12.4 Å². The molecule has 0 aliphatic carbocycles. The number of ether oxygens (including phenoxy) is 1. The van der Waals surface area contributed by atoms with Crippen molar-refractivity contribution in [1.29, 1.82) is 0 Å². The Labute approximate surface area is 160 Å². The van der Waals surface area contributed by atoms with Gasteiger partial charge in [-0.1, -0.05) is 31.2 Å². The van der Waals surface area contributed by atoms with Gasteiger partial charge in [-0.25, -0.2) is 0 Å². The Morgan fingerprint density at radius 3 is 2.78 bits per heavy atom. The molecule has 27 heavy (non-hydrogen) atoms. The first-order valence-corrected chi connectivity index (χ1v) is 9.26. The van der Waals surface area contributed by atoms with Gasteiger partial charge in [-0.15, -0.1) is 0 Å². The second-order valence-corrected chi connectivity index (χ2v) is 6.84. The van der Waals surface area contributed by atoms with E-state index in [0.29, 0.717) is 23.5 Å². The topological polar surface area (TPSA) is 91.3 Å². The normalized spacial score (nSPS) is 11.8. The zero-order valence-electron chi connectivity index (χ0n) is 14.9. The van der Waals surface area contributed by atoms with Gasteiger partial charge in [0.2, 0.25) is 11.6 Å². The number of anilines is 1. The van der Waals surface area contributed by atoms with Gasteiger partial charge >= 0.3 is 0 Å². The average molecular weight is 385 g/mol. The summed E-state index contributed by atoms with van der Waals surface area (Å²) < 4.78 is 11.4. The predicted molar refractivity (Wildman–Crippen MR) is 99.0 cm³/mol. The lowest BCUT2D eigenvalue weighted by Gasteiger charge is -2.13. The Morgan fingerprint density at radius 2 is 2.07 bits per heavy atom. The number of hydrogen-bond acceptors (Lipinski definition) is 6. The molecule has 0 bridgehead atoms. The molecule has 1 unspecified atom stereocenters. The van der Waals surface area contributed by atoms with Crippen LogP contribution < -0.4 is 19.8 Å². The summed E-state index contributed by atoms with van der Waals surface area (Å²) in [7, 11) is 1.57. The maximum atomic E-state index is 12.7. The molecule has 0 aliphatic rings. The predicted octanol–water partition coefficient (Wildman–Crippen LogP) is 2.54. The number of methoxy groups -OCH3 is 1. The molecule has 0 fully saturated rings. The second-order valence-electron chi connectivity index (χ2n) is 5.65. The molecule has 8 heteroatoms. The molecule has 2 aromatic carbocycles. The van der Waals surface area contributed by atoms with Gasteiger partial charge in [0.15, 0.2) is 5.95 Å². The molecule has 0 saturated heterocycles. The number of para-hydroxylation sites is 1. The van der Waals surface area contributed by atoms with Crippen LogP contribution in [-0.2, 0) is 4.79 Å². The van der Waals surface area contributed by atoms with Gasteiger partial charge < -0.3 is 19.7 Å². The number of hydrogen-bond donors (Lipinski definition) is 1. The number of aromatic nitrogens is 2. The standard InChI is InChI=1S/C19H19N3O4S/c1-3-16(17(23)20-13-8-7-11-15(12-13)25-2)27-18-19(24)26-21-22(18)14-9-5-4-6-10-14/h4-12,16H,3H2,1-2H3,(H-,20,21,23,24). The smallest absolute Gasteiger partial charge is 0.298 e. The summed E-state index contributed by atoms with van der Waals surface area (Å²) in [6, 6.07) is 16.3. The highest BCUT2D eigenvalue weighted by Crippen LogP contribution is 2.30. The Morgan fingerprint density at radius 1 is 1.30 bits per heavy atom. The van der Waals surface area contributed by atoms with Gasteiger partial charge in [0.25, 0.3) is 5.03 Å². The number of rotatable bonds is 7. The number of carbonyl (C=O) groups excluding carboxylic acids is 1. The van der Waals surface area contributed by atoms with Crippen molar-refractivity contribution in [2.45, 2.75) is 23.6 Å². The fraction of sp³-hybridized carbons (Fsp3) is 0.211. The first-order chi connectivity index (χ1) is 13.1.